The third-order valence-corrected chi connectivity index (χ3v) is 6.57. The van der Waals surface area contributed by atoms with E-state index in [0.29, 0.717) is 31.6 Å². The van der Waals surface area contributed by atoms with Gasteiger partial charge in [0.05, 0.1) is 12.1 Å². The number of hydrogen-bond donors (Lipinski definition) is 1. The van der Waals surface area contributed by atoms with Crippen LogP contribution in [0.2, 0.25) is 0 Å². The minimum absolute atomic E-state index is 0.107. The number of allylic oxidation sites excluding steroid dienone is 1. The summed E-state index contributed by atoms with van der Waals surface area (Å²) < 4.78 is 1.96. The van der Waals surface area contributed by atoms with Crippen molar-refractivity contribution in [2.75, 3.05) is 18.0 Å². The van der Waals surface area contributed by atoms with Gasteiger partial charge in [-0.25, -0.2) is 9.48 Å². The number of anilines is 1. The highest BCUT2D eigenvalue weighted by Gasteiger charge is 2.49. The minimum Gasteiger partial charge on any atom is -0.294 e. The Morgan fingerprint density at radius 3 is 2.53 bits per heavy atom. The Morgan fingerprint density at radius 2 is 1.78 bits per heavy atom. The van der Waals surface area contributed by atoms with E-state index in [4.69, 9.17) is 0 Å². The summed E-state index contributed by atoms with van der Waals surface area (Å²) in [6.45, 7) is 3.25. The van der Waals surface area contributed by atoms with Crippen LogP contribution in [0.25, 0.3) is 6.08 Å². The van der Waals surface area contributed by atoms with Gasteiger partial charge in [-0.15, -0.1) is 0 Å². The zero-order valence-corrected chi connectivity index (χ0v) is 18.1. The van der Waals surface area contributed by atoms with Crippen molar-refractivity contribution in [3.8, 4) is 0 Å². The second-order valence-electron chi connectivity index (χ2n) is 8.66. The van der Waals surface area contributed by atoms with Crippen molar-refractivity contribution in [3.63, 3.8) is 0 Å². The predicted molar refractivity (Wildman–Crippen MR) is 122 cm³/mol. The first-order chi connectivity index (χ1) is 15.5. The largest absolute Gasteiger partial charge is 0.294 e. The maximum atomic E-state index is 13.3. The molecule has 0 bridgehead atoms. The van der Waals surface area contributed by atoms with Crippen molar-refractivity contribution in [3.05, 3.63) is 71.3 Å². The number of amides is 2. The van der Waals surface area contributed by atoms with E-state index in [9.17, 15) is 14.4 Å². The maximum Gasteiger partial charge on any atom is 0.279 e. The molecule has 2 fully saturated rings. The summed E-state index contributed by atoms with van der Waals surface area (Å²) in [6, 6.07) is 16.7. The van der Waals surface area contributed by atoms with Gasteiger partial charge in [0.25, 0.3) is 11.7 Å². The lowest BCUT2D eigenvalue weighted by atomic mass is 10.0. The van der Waals surface area contributed by atoms with Crippen molar-refractivity contribution >= 4 is 35.2 Å². The van der Waals surface area contributed by atoms with Gasteiger partial charge >= 0.3 is 0 Å². The van der Waals surface area contributed by atoms with Crippen LogP contribution in [0, 0.1) is 12.8 Å². The number of nitrogens with one attached hydrogen (secondary N) is 1. The lowest BCUT2D eigenvalue weighted by Gasteiger charge is -2.16. The smallest absolute Gasteiger partial charge is 0.279 e. The second-order valence-corrected chi connectivity index (χ2v) is 8.66. The molecule has 2 aromatic carbocycles. The number of nitrogens with zero attached hydrogens (tertiary/aromatic N) is 2. The van der Waals surface area contributed by atoms with Crippen LogP contribution < -0.4 is 10.2 Å². The van der Waals surface area contributed by atoms with Crippen molar-refractivity contribution in [1.29, 1.82) is 0 Å². The topological polar surface area (TPSA) is 69.5 Å². The number of carbonyl (C=O) groups excluding carboxylic acids is 3. The second kappa shape index (κ2) is 8.19. The molecule has 2 amide bonds. The Kier molecular flexibility index (Phi) is 5.21. The zero-order chi connectivity index (χ0) is 22.2. The molecule has 1 aliphatic carbocycles. The predicted octanol–water partition coefficient (Wildman–Crippen LogP) is 2.70. The number of hydrogen-bond acceptors (Lipinski definition) is 4. The van der Waals surface area contributed by atoms with Gasteiger partial charge in [0.15, 0.2) is 11.8 Å². The van der Waals surface area contributed by atoms with Crippen LogP contribution in [-0.2, 0) is 14.4 Å². The molecular weight excluding hydrogens is 402 g/mol. The molecule has 5 rings (SSSR count). The molecule has 3 aliphatic rings. The van der Waals surface area contributed by atoms with E-state index in [1.54, 1.807) is 0 Å². The lowest BCUT2D eigenvalue weighted by Crippen LogP contribution is -2.41. The molecule has 0 unspecified atom stereocenters. The third-order valence-electron chi connectivity index (χ3n) is 6.57. The number of aryl methyl sites for hydroxylation is 1. The molecule has 1 saturated heterocycles. The van der Waals surface area contributed by atoms with Crippen LogP contribution in [0.5, 0.6) is 0 Å². The van der Waals surface area contributed by atoms with E-state index in [2.05, 4.69) is 5.32 Å². The monoisotopic (exact) mass is 428 g/mol. The molecule has 2 heterocycles. The number of imide groups is 1. The molecule has 1 saturated carbocycles. The van der Waals surface area contributed by atoms with E-state index < -0.39 is 6.04 Å². The van der Waals surface area contributed by atoms with Crippen molar-refractivity contribution < 1.29 is 19.0 Å². The van der Waals surface area contributed by atoms with Gasteiger partial charge in [0.1, 0.15) is 19.0 Å². The summed E-state index contributed by atoms with van der Waals surface area (Å²) in [4.78, 5) is 40.5. The van der Waals surface area contributed by atoms with Gasteiger partial charge in [-0.3, -0.25) is 19.7 Å². The SMILES string of the molecule is Cc1ccc(N2C(=O)C[C@H]([N+]3=C([C@H]4CC/C(=C/c5ccccc5)C4=O)NCC3)C2=O)cc1. The molecule has 2 atom stereocenters. The first kappa shape index (κ1) is 20.4. The van der Waals surface area contributed by atoms with E-state index >= 15 is 0 Å². The summed E-state index contributed by atoms with van der Waals surface area (Å²) in [5.74, 6) is 0.200. The highest BCUT2D eigenvalue weighted by atomic mass is 16.2. The summed E-state index contributed by atoms with van der Waals surface area (Å²) in [5, 5.41) is 3.35. The molecule has 0 aromatic heterocycles. The highest BCUT2D eigenvalue weighted by Crippen LogP contribution is 2.31. The molecule has 2 aliphatic heterocycles. The number of rotatable bonds is 4. The van der Waals surface area contributed by atoms with Crippen LogP contribution in [0.15, 0.2) is 60.2 Å². The van der Waals surface area contributed by atoms with Gasteiger partial charge in [0, 0.05) is 0 Å². The van der Waals surface area contributed by atoms with Gasteiger partial charge < -0.3 is 0 Å². The first-order valence-corrected chi connectivity index (χ1v) is 11.1. The number of Topliss-reactive ketones (excluding diaryl/α,β-unsaturated/α-hetero) is 1. The fourth-order valence-electron chi connectivity index (χ4n) is 4.93. The van der Waals surface area contributed by atoms with Gasteiger partial charge in [-0.05, 0) is 49.1 Å². The molecule has 32 heavy (non-hydrogen) atoms. The number of amidine groups is 1. The van der Waals surface area contributed by atoms with Crippen molar-refractivity contribution in [1.82, 2.24) is 5.32 Å². The zero-order valence-electron chi connectivity index (χ0n) is 18.1. The molecule has 0 radical (unpaired) electrons. The van der Waals surface area contributed by atoms with E-state index in [1.165, 1.54) is 4.90 Å². The average molecular weight is 429 g/mol. The molecule has 162 valence electrons. The minimum atomic E-state index is -0.566. The Morgan fingerprint density at radius 1 is 1.03 bits per heavy atom. The third kappa shape index (κ3) is 3.55. The van der Waals surface area contributed by atoms with E-state index in [1.807, 2.05) is 72.2 Å². The average Bonchev–Trinajstić information content (AvgIpc) is 3.48. The van der Waals surface area contributed by atoms with Crippen LogP contribution in [0.4, 0.5) is 5.69 Å². The Hall–Kier alpha value is -3.54. The van der Waals surface area contributed by atoms with Crippen molar-refractivity contribution in [2.24, 2.45) is 5.92 Å². The number of carbonyl (C=O) groups is 3. The summed E-state index contributed by atoms with van der Waals surface area (Å²) in [6.07, 6.45) is 3.52. The van der Waals surface area contributed by atoms with Gasteiger partial charge in [-0.2, -0.15) is 0 Å². The summed E-state index contributed by atoms with van der Waals surface area (Å²) in [7, 11) is 0. The Balaban J connectivity index is 1.41. The number of benzene rings is 2. The standard InChI is InChI=1S/C26H25N3O3/c1-17-7-10-20(11-8-17)29-23(30)16-22(26(29)32)28-14-13-27-25(28)21-12-9-19(24(21)31)15-18-5-3-2-4-6-18/h2-8,10-11,15,21-22H,9,12-14,16H2,1H3/p+1/b19-15-/t21-,22-/m0/s1. The molecule has 1 N–H and O–H groups in total. The fraction of sp³-hybridized carbons (Fsp3) is 0.308. The van der Waals surface area contributed by atoms with Crippen LogP contribution in [0.3, 0.4) is 0 Å². The Labute approximate surface area is 187 Å². The maximum absolute atomic E-state index is 13.3. The summed E-state index contributed by atoms with van der Waals surface area (Å²) in [5.41, 5.74) is 3.51. The molecule has 6 nitrogen and oxygen atoms in total. The van der Waals surface area contributed by atoms with E-state index in [0.717, 1.165) is 22.5 Å². The lowest BCUT2D eigenvalue weighted by molar-refractivity contribution is -0.542. The van der Waals surface area contributed by atoms with Crippen molar-refractivity contribution in [2.45, 2.75) is 32.2 Å². The van der Waals surface area contributed by atoms with Crippen LogP contribution in [-0.4, -0.2) is 47.1 Å². The molecule has 2 aromatic rings. The molecule has 6 heteroatoms. The number of ketones is 1. The fourth-order valence-corrected chi connectivity index (χ4v) is 4.93. The molecule has 0 spiro atoms. The molecular formula is C26H26N3O3+. The van der Waals surface area contributed by atoms with Crippen LogP contribution in [0.1, 0.15) is 30.4 Å². The normalized spacial score (nSPS) is 24.7. The van der Waals surface area contributed by atoms with Crippen LogP contribution >= 0.6 is 0 Å². The Bertz CT molecular complexity index is 1150. The highest BCUT2D eigenvalue weighted by molar-refractivity contribution is 6.22. The van der Waals surface area contributed by atoms with Gasteiger partial charge in [0.2, 0.25) is 5.91 Å². The van der Waals surface area contributed by atoms with E-state index in [-0.39, 0.29) is 29.9 Å². The quantitative estimate of drug-likeness (QED) is 0.462. The first-order valence-electron chi connectivity index (χ1n) is 11.1. The summed E-state index contributed by atoms with van der Waals surface area (Å²) >= 11 is 0. The van der Waals surface area contributed by atoms with Gasteiger partial charge in [-0.1, -0.05) is 48.0 Å².